The van der Waals surface area contributed by atoms with E-state index in [1.54, 1.807) is 19.9 Å². The van der Waals surface area contributed by atoms with Gasteiger partial charge in [-0.05, 0) is 32.0 Å². The van der Waals surface area contributed by atoms with Crippen molar-refractivity contribution < 1.29 is 10.0 Å². The standard InChI is InChI=1S/C13H19ClN2O3/c1-4-15(9-13(2,3)17)8-10-5-6-11(16(18)19)7-12(10)14/h5-7,17H,4,8-9H2,1-3H3. The second-order valence-corrected chi connectivity index (χ2v) is 5.56. The van der Waals surface area contributed by atoms with Crippen LogP contribution < -0.4 is 0 Å². The Balaban J connectivity index is 2.83. The van der Waals surface area contributed by atoms with Gasteiger partial charge >= 0.3 is 0 Å². The summed E-state index contributed by atoms with van der Waals surface area (Å²) in [5, 5.41) is 20.8. The molecule has 19 heavy (non-hydrogen) atoms. The average molecular weight is 287 g/mol. The summed E-state index contributed by atoms with van der Waals surface area (Å²) in [6.07, 6.45) is 0. The molecule has 0 aliphatic carbocycles. The third-order valence-electron chi connectivity index (χ3n) is 2.70. The van der Waals surface area contributed by atoms with E-state index in [1.165, 1.54) is 12.1 Å². The second-order valence-electron chi connectivity index (χ2n) is 5.15. The molecule has 0 bridgehead atoms. The van der Waals surface area contributed by atoms with Crippen molar-refractivity contribution in [2.75, 3.05) is 13.1 Å². The van der Waals surface area contributed by atoms with Crippen LogP contribution in [0.2, 0.25) is 5.02 Å². The van der Waals surface area contributed by atoms with Crippen molar-refractivity contribution in [1.29, 1.82) is 0 Å². The van der Waals surface area contributed by atoms with Crippen molar-refractivity contribution in [3.8, 4) is 0 Å². The van der Waals surface area contributed by atoms with Crippen LogP contribution in [0, 0.1) is 10.1 Å². The Labute approximate surface area is 117 Å². The second kappa shape index (κ2) is 6.32. The molecule has 1 aromatic rings. The minimum atomic E-state index is -0.788. The maximum atomic E-state index is 10.6. The zero-order valence-corrected chi connectivity index (χ0v) is 12.1. The quantitative estimate of drug-likeness (QED) is 0.645. The number of nitro benzene ring substituents is 1. The van der Waals surface area contributed by atoms with Crippen LogP contribution in [0.5, 0.6) is 0 Å². The van der Waals surface area contributed by atoms with Crippen LogP contribution in [0.1, 0.15) is 26.3 Å². The molecule has 5 nitrogen and oxygen atoms in total. The lowest BCUT2D eigenvalue weighted by molar-refractivity contribution is -0.384. The summed E-state index contributed by atoms with van der Waals surface area (Å²) < 4.78 is 0. The molecule has 0 aliphatic heterocycles. The Hall–Kier alpha value is -1.17. The highest BCUT2D eigenvalue weighted by atomic mass is 35.5. The molecule has 0 saturated carbocycles. The summed E-state index contributed by atoms with van der Waals surface area (Å²) in [4.78, 5) is 12.2. The molecule has 0 amide bonds. The van der Waals surface area contributed by atoms with E-state index in [9.17, 15) is 15.2 Å². The predicted octanol–water partition coefficient (Wildman–Crippen LogP) is 2.84. The summed E-state index contributed by atoms with van der Waals surface area (Å²) in [6.45, 7) is 7.30. The molecule has 6 heteroatoms. The van der Waals surface area contributed by atoms with Gasteiger partial charge in [-0.3, -0.25) is 15.0 Å². The molecule has 1 N–H and O–H groups in total. The maximum Gasteiger partial charge on any atom is 0.270 e. The lowest BCUT2D eigenvalue weighted by atomic mass is 10.1. The number of non-ortho nitro benzene ring substituents is 1. The molecule has 0 heterocycles. The van der Waals surface area contributed by atoms with Crippen LogP contribution in [0.3, 0.4) is 0 Å². The van der Waals surface area contributed by atoms with Crippen molar-refractivity contribution >= 4 is 17.3 Å². The number of likely N-dealkylation sites (N-methyl/N-ethyl adjacent to an activating group) is 1. The van der Waals surface area contributed by atoms with Gasteiger partial charge in [-0.1, -0.05) is 18.5 Å². The molecule has 0 aliphatic rings. The number of rotatable bonds is 6. The molecule has 0 atom stereocenters. The van der Waals surface area contributed by atoms with E-state index in [1.807, 2.05) is 11.8 Å². The van der Waals surface area contributed by atoms with E-state index >= 15 is 0 Å². The number of hydrogen-bond donors (Lipinski definition) is 1. The Kier molecular flexibility index (Phi) is 5.29. The van der Waals surface area contributed by atoms with Crippen LogP contribution in [0.25, 0.3) is 0 Å². The van der Waals surface area contributed by atoms with Crippen molar-refractivity contribution in [2.45, 2.75) is 32.9 Å². The molecular formula is C13H19ClN2O3. The molecule has 0 fully saturated rings. The predicted molar refractivity (Wildman–Crippen MR) is 75.4 cm³/mol. The van der Waals surface area contributed by atoms with Crippen molar-refractivity contribution in [1.82, 2.24) is 4.90 Å². The first-order chi connectivity index (χ1) is 8.73. The molecule has 1 aromatic carbocycles. The lowest BCUT2D eigenvalue weighted by Crippen LogP contribution is -2.38. The number of aliphatic hydroxyl groups is 1. The lowest BCUT2D eigenvalue weighted by Gasteiger charge is -2.28. The molecule has 0 radical (unpaired) electrons. The van der Waals surface area contributed by atoms with Gasteiger partial charge in [-0.2, -0.15) is 0 Å². The number of nitrogens with zero attached hydrogens (tertiary/aromatic N) is 2. The van der Waals surface area contributed by atoms with Crippen molar-refractivity contribution in [3.05, 3.63) is 38.9 Å². The minimum Gasteiger partial charge on any atom is -0.389 e. The van der Waals surface area contributed by atoms with E-state index in [-0.39, 0.29) is 5.69 Å². The Morgan fingerprint density at radius 1 is 1.47 bits per heavy atom. The fraction of sp³-hybridized carbons (Fsp3) is 0.538. The van der Waals surface area contributed by atoms with Gasteiger partial charge in [0.05, 0.1) is 15.5 Å². The van der Waals surface area contributed by atoms with Gasteiger partial charge in [0.1, 0.15) is 0 Å². The summed E-state index contributed by atoms with van der Waals surface area (Å²) in [7, 11) is 0. The third kappa shape index (κ3) is 5.14. The summed E-state index contributed by atoms with van der Waals surface area (Å²) in [5.41, 5.74) is 0.0150. The van der Waals surface area contributed by atoms with Gasteiger partial charge in [0.25, 0.3) is 5.69 Å². The van der Waals surface area contributed by atoms with Crippen LogP contribution in [0.4, 0.5) is 5.69 Å². The molecular weight excluding hydrogens is 268 g/mol. The van der Waals surface area contributed by atoms with Crippen molar-refractivity contribution in [2.24, 2.45) is 0 Å². The molecule has 106 valence electrons. The third-order valence-corrected chi connectivity index (χ3v) is 3.05. The molecule has 0 saturated heterocycles. The first-order valence-corrected chi connectivity index (χ1v) is 6.48. The summed E-state index contributed by atoms with van der Waals surface area (Å²) in [5.74, 6) is 0. The summed E-state index contributed by atoms with van der Waals surface area (Å²) in [6, 6.07) is 4.46. The largest absolute Gasteiger partial charge is 0.389 e. The zero-order valence-electron chi connectivity index (χ0n) is 11.4. The number of halogens is 1. The zero-order chi connectivity index (χ0) is 14.6. The van der Waals surface area contributed by atoms with Gasteiger partial charge < -0.3 is 5.11 Å². The van der Waals surface area contributed by atoms with Gasteiger partial charge in [0.2, 0.25) is 0 Å². The molecule has 1 rings (SSSR count). The number of nitro groups is 1. The Morgan fingerprint density at radius 2 is 2.11 bits per heavy atom. The SMILES string of the molecule is CCN(Cc1ccc([N+](=O)[O-])cc1Cl)CC(C)(C)O. The topological polar surface area (TPSA) is 66.6 Å². The van der Waals surface area contributed by atoms with Gasteiger partial charge in [-0.25, -0.2) is 0 Å². The first kappa shape index (κ1) is 15.9. The summed E-state index contributed by atoms with van der Waals surface area (Å²) >= 11 is 6.05. The highest BCUT2D eigenvalue weighted by Gasteiger charge is 2.18. The van der Waals surface area contributed by atoms with E-state index in [4.69, 9.17) is 11.6 Å². The number of hydrogen-bond acceptors (Lipinski definition) is 4. The van der Waals surface area contributed by atoms with Gasteiger partial charge in [0, 0.05) is 25.2 Å². The maximum absolute atomic E-state index is 10.6. The number of benzene rings is 1. The Bertz CT molecular complexity index is 458. The monoisotopic (exact) mass is 286 g/mol. The molecule has 0 aromatic heterocycles. The Morgan fingerprint density at radius 3 is 2.53 bits per heavy atom. The highest BCUT2D eigenvalue weighted by molar-refractivity contribution is 6.31. The smallest absolute Gasteiger partial charge is 0.270 e. The van der Waals surface area contributed by atoms with Crippen LogP contribution in [0.15, 0.2) is 18.2 Å². The van der Waals surface area contributed by atoms with Crippen LogP contribution in [-0.4, -0.2) is 33.6 Å². The van der Waals surface area contributed by atoms with E-state index in [0.717, 1.165) is 12.1 Å². The fourth-order valence-corrected chi connectivity index (χ4v) is 2.08. The first-order valence-electron chi connectivity index (χ1n) is 6.10. The van der Waals surface area contributed by atoms with Crippen LogP contribution in [-0.2, 0) is 6.54 Å². The van der Waals surface area contributed by atoms with Gasteiger partial charge in [0.15, 0.2) is 0 Å². The van der Waals surface area contributed by atoms with E-state index in [2.05, 4.69) is 0 Å². The normalized spacial score (nSPS) is 11.9. The fourth-order valence-electron chi connectivity index (χ4n) is 1.85. The average Bonchev–Trinajstić information content (AvgIpc) is 2.28. The highest BCUT2D eigenvalue weighted by Crippen LogP contribution is 2.24. The molecule has 0 spiro atoms. The molecule has 0 unspecified atom stereocenters. The minimum absolute atomic E-state index is 0.0145. The van der Waals surface area contributed by atoms with E-state index < -0.39 is 10.5 Å². The van der Waals surface area contributed by atoms with Crippen LogP contribution >= 0.6 is 11.6 Å². The van der Waals surface area contributed by atoms with Crippen molar-refractivity contribution in [3.63, 3.8) is 0 Å². The van der Waals surface area contributed by atoms with E-state index in [0.29, 0.717) is 18.1 Å². The van der Waals surface area contributed by atoms with Gasteiger partial charge in [-0.15, -0.1) is 0 Å².